The highest BCUT2D eigenvalue weighted by Gasteiger charge is 2.06. The van der Waals surface area contributed by atoms with Crippen LogP contribution in [0.5, 0.6) is 5.75 Å². The van der Waals surface area contributed by atoms with E-state index in [1.54, 1.807) is 7.11 Å². The minimum absolute atomic E-state index is 0.701. The highest BCUT2D eigenvalue weighted by atomic mass is 35.5. The van der Waals surface area contributed by atoms with Crippen molar-refractivity contribution >= 4 is 17.3 Å². The van der Waals surface area contributed by atoms with Crippen molar-refractivity contribution in [3.8, 4) is 5.75 Å². The first-order valence-electron chi connectivity index (χ1n) is 5.62. The van der Waals surface area contributed by atoms with Crippen LogP contribution in [0.25, 0.3) is 0 Å². The second-order valence-corrected chi connectivity index (χ2v) is 4.82. The monoisotopic (exact) mass is 241 g/mol. The van der Waals surface area contributed by atoms with E-state index in [-0.39, 0.29) is 0 Å². The van der Waals surface area contributed by atoms with Crippen molar-refractivity contribution in [2.45, 2.75) is 27.2 Å². The summed E-state index contributed by atoms with van der Waals surface area (Å²) < 4.78 is 5.29. The van der Waals surface area contributed by atoms with Crippen LogP contribution in [-0.2, 0) is 0 Å². The molecule has 0 atom stereocenters. The molecule has 0 aromatic heterocycles. The first-order chi connectivity index (χ1) is 7.54. The first kappa shape index (κ1) is 13.2. The van der Waals surface area contributed by atoms with E-state index in [0.29, 0.717) is 5.92 Å². The Morgan fingerprint density at radius 3 is 2.62 bits per heavy atom. The summed E-state index contributed by atoms with van der Waals surface area (Å²) in [5.41, 5.74) is 2.08. The molecule has 0 saturated heterocycles. The average molecular weight is 242 g/mol. The van der Waals surface area contributed by atoms with E-state index in [1.807, 2.05) is 19.1 Å². The molecule has 0 spiro atoms. The van der Waals surface area contributed by atoms with E-state index in [9.17, 15) is 0 Å². The van der Waals surface area contributed by atoms with Crippen LogP contribution >= 0.6 is 11.6 Å². The molecule has 0 fully saturated rings. The third kappa shape index (κ3) is 3.60. The Bertz CT molecular complexity index is 350. The number of rotatable bonds is 5. The molecule has 0 radical (unpaired) electrons. The first-order valence-corrected chi connectivity index (χ1v) is 6.00. The minimum Gasteiger partial charge on any atom is -0.495 e. The molecule has 2 nitrogen and oxygen atoms in total. The smallest absolute Gasteiger partial charge is 0.143 e. The fourth-order valence-corrected chi connectivity index (χ4v) is 1.62. The second-order valence-electron chi connectivity index (χ2n) is 4.41. The number of nitrogens with one attached hydrogen (secondary N) is 1. The summed E-state index contributed by atoms with van der Waals surface area (Å²) >= 11 is 6.04. The third-order valence-electron chi connectivity index (χ3n) is 2.52. The minimum atomic E-state index is 0.701. The number of anilines is 1. The lowest BCUT2D eigenvalue weighted by Crippen LogP contribution is -2.06. The molecule has 3 heteroatoms. The van der Waals surface area contributed by atoms with Crippen molar-refractivity contribution in [2.24, 2.45) is 5.92 Å². The normalized spacial score (nSPS) is 10.6. The Kier molecular flexibility index (Phi) is 4.94. The Morgan fingerprint density at radius 1 is 1.38 bits per heavy atom. The van der Waals surface area contributed by atoms with Gasteiger partial charge in [0.15, 0.2) is 0 Å². The molecule has 16 heavy (non-hydrogen) atoms. The number of hydrogen-bond donors (Lipinski definition) is 1. The quantitative estimate of drug-likeness (QED) is 0.838. The Balaban J connectivity index is 2.74. The zero-order chi connectivity index (χ0) is 12.1. The molecule has 1 aromatic rings. The summed E-state index contributed by atoms with van der Waals surface area (Å²) in [5.74, 6) is 1.51. The van der Waals surface area contributed by atoms with E-state index < -0.39 is 0 Å². The van der Waals surface area contributed by atoms with Gasteiger partial charge in [0.05, 0.1) is 12.8 Å². The standard InChI is InChI=1S/C13H20ClNO/c1-9(2)5-6-15-12-7-10(3)11(14)8-13(12)16-4/h7-9,15H,5-6H2,1-4H3. The van der Waals surface area contributed by atoms with Crippen molar-refractivity contribution < 1.29 is 4.74 Å². The van der Waals surface area contributed by atoms with Gasteiger partial charge in [-0.05, 0) is 30.9 Å². The topological polar surface area (TPSA) is 21.3 Å². The lowest BCUT2D eigenvalue weighted by atomic mass is 10.1. The number of aryl methyl sites for hydroxylation is 1. The van der Waals surface area contributed by atoms with Gasteiger partial charge in [-0.15, -0.1) is 0 Å². The van der Waals surface area contributed by atoms with Crippen LogP contribution in [0.4, 0.5) is 5.69 Å². The molecular weight excluding hydrogens is 222 g/mol. The fraction of sp³-hybridized carbons (Fsp3) is 0.538. The zero-order valence-corrected chi connectivity index (χ0v) is 11.2. The predicted molar refractivity (Wildman–Crippen MR) is 70.7 cm³/mol. The van der Waals surface area contributed by atoms with Crippen molar-refractivity contribution in [1.82, 2.24) is 0 Å². The van der Waals surface area contributed by atoms with Gasteiger partial charge in [-0.2, -0.15) is 0 Å². The van der Waals surface area contributed by atoms with E-state index >= 15 is 0 Å². The van der Waals surface area contributed by atoms with E-state index in [0.717, 1.165) is 35.0 Å². The Labute approximate surface area is 103 Å². The van der Waals surface area contributed by atoms with Crippen LogP contribution in [0.1, 0.15) is 25.8 Å². The van der Waals surface area contributed by atoms with Gasteiger partial charge < -0.3 is 10.1 Å². The maximum absolute atomic E-state index is 6.04. The molecule has 0 aliphatic carbocycles. The molecule has 0 unspecified atom stereocenters. The maximum atomic E-state index is 6.04. The van der Waals surface area contributed by atoms with Gasteiger partial charge in [0.25, 0.3) is 0 Å². The number of methoxy groups -OCH3 is 1. The van der Waals surface area contributed by atoms with Crippen molar-refractivity contribution in [3.05, 3.63) is 22.7 Å². The Morgan fingerprint density at radius 2 is 2.06 bits per heavy atom. The summed E-state index contributed by atoms with van der Waals surface area (Å²) in [5, 5.41) is 4.12. The van der Waals surface area contributed by atoms with Gasteiger partial charge in [0.1, 0.15) is 5.75 Å². The molecule has 0 aliphatic rings. The summed E-state index contributed by atoms with van der Waals surface area (Å²) in [4.78, 5) is 0. The Hall–Kier alpha value is -0.890. The third-order valence-corrected chi connectivity index (χ3v) is 2.93. The van der Waals surface area contributed by atoms with E-state index in [1.165, 1.54) is 0 Å². The van der Waals surface area contributed by atoms with E-state index in [4.69, 9.17) is 16.3 Å². The SMILES string of the molecule is COc1cc(Cl)c(C)cc1NCCC(C)C. The van der Waals surface area contributed by atoms with Crippen LogP contribution in [0.2, 0.25) is 5.02 Å². The lowest BCUT2D eigenvalue weighted by Gasteiger charge is -2.13. The highest BCUT2D eigenvalue weighted by molar-refractivity contribution is 6.31. The molecule has 1 rings (SSSR count). The molecule has 0 aliphatic heterocycles. The van der Waals surface area contributed by atoms with Crippen LogP contribution in [-0.4, -0.2) is 13.7 Å². The number of halogens is 1. The lowest BCUT2D eigenvalue weighted by molar-refractivity contribution is 0.416. The van der Waals surface area contributed by atoms with E-state index in [2.05, 4.69) is 19.2 Å². The van der Waals surface area contributed by atoms with Gasteiger partial charge in [-0.1, -0.05) is 25.4 Å². The van der Waals surface area contributed by atoms with Crippen LogP contribution in [0, 0.1) is 12.8 Å². The summed E-state index contributed by atoms with van der Waals surface area (Å²) in [7, 11) is 1.66. The van der Waals surface area contributed by atoms with Gasteiger partial charge in [0.2, 0.25) is 0 Å². The number of hydrogen-bond acceptors (Lipinski definition) is 2. The van der Waals surface area contributed by atoms with Gasteiger partial charge in [-0.3, -0.25) is 0 Å². The summed E-state index contributed by atoms with van der Waals surface area (Å²) in [6, 6.07) is 3.89. The summed E-state index contributed by atoms with van der Waals surface area (Å²) in [6.07, 6.45) is 1.14. The maximum Gasteiger partial charge on any atom is 0.143 e. The van der Waals surface area contributed by atoms with Gasteiger partial charge in [0, 0.05) is 17.6 Å². The molecule has 90 valence electrons. The molecular formula is C13H20ClNO. The van der Waals surface area contributed by atoms with Gasteiger partial charge in [-0.25, -0.2) is 0 Å². The van der Waals surface area contributed by atoms with Crippen LogP contribution in [0.3, 0.4) is 0 Å². The molecule has 0 bridgehead atoms. The highest BCUT2D eigenvalue weighted by Crippen LogP contribution is 2.30. The molecule has 1 aromatic carbocycles. The fourth-order valence-electron chi connectivity index (χ4n) is 1.47. The predicted octanol–water partition coefficient (Wildman–Crippen LogP) is 4.12. The summed E-state index contributed by atoms with van der Waals surface area (Å²) in [6.45, 7) is 7.38. The van der Waals surface area contributed by atoms with Crippen LogP contribution < -0.4 is 10.1 Å². The number of benzene rings is 1. The van der Waals surface area contributed by atoms with Crippen molar-refractivity contribution in [3.63, 3.8) is 0 Å². The molecule has 0 saturated carbocycles. The van der Waals surface area contributed by atoms with Crippen molar-refractivity contribution in [2.75, 3.05) is 19.0 Å². The zero-order valence-electron chi connectivity index (χ0n) is 10.4. The van der Waals surface area contributed by atoms with Crippen LogP contribution in [0.15, 0.2) is 12.1 Å². The van der Waals surface area contributed by atoms with Gasteiger partial charge >= 0.3 is 0 Å². The molecule has 1 N–H and O–H groups in total. The number of ether oxygens (including phenoxy) is 1. The molecule has 0 amide bonds. The molecule has 0 heterocycles. The van der Waals surface area contributed by atoms with Crippen molar-refractivity contribution in [1.29, 1.82) is 0 Å². The average Bonchev–Trinajstić information content (AvgIpc) is 2.22. The largest absolute Gasteiger partial charge is 0.495 e. The second kappa shape index (κ2) is 6.00.